The quantitative estimate of drug-likeness (QED) is 0.891. The lowest BCUT2D eigenvalue weighted by molar-refractivity contribution is 0.281. The van der Waals surface area contributed by atoms with Crippen molar-refractivity contribution in [3.63, 3.8) is 0 Å². The number of pyridine rings is 1. The van der Waals surface area contributed by atoms with Gasteiger partial charge in [-0.25, -0.2) is 4.98 Å². The van der Waals surface area contributed by atoms with E-state index in [1.54, 1.807) is 6.07 Å². The van der Waals surface area contributed by atoms with E-state index >= 15 is 0 Å². The Labute approximate surface area is 113 Å². The molecule has 3 heteroatoms. The molecule has 0 bridgehead atoms. The van der Waals surface area contributed by atoms with Crippen LogP contribution >= 0.6 is 0 Å². The van der Waals surface area contributed by atoms with E-state index in [9.17, 15) is 5.11 Å². The predicted octanol–water partition coefficient (Wildman–Crippen LogP) is 3.49. The number of aromatic nitrogens is 1. The average Bonchev–Trinajstić information content (AvgIpc) is 2.47. The second kappa shape index (κ2) is 6.34. The molecule has 0 aliphatic rings. The van der Waals surface area contributed by atoms with Crippen LogP contribution in [-0.2, 0) is 19.4 Å². The zero-order chi connectivity index (χ0) is 13.7. The van der Waals surface area contributed by atoms with Crippen molar-refractivity contribution in [2.45, 2.75) is 33.3 Å². The largest absolute Gasteiger partial charge is 0.439 e. The normalized spacial score (nSPS) is 10.5. The van der Waals surface area contributed by atoms with Crippen molar-refractivity contribution in [1.82, 2.24) is 4.98 Å². The number of aliphatic hydroxyl groups is 1. The summed E-state index contributed by atoms with van der Waals surface area (Å²) in [5.74, 6) is 1.30. The highest BCUT2D eigenvalue weighted by Gasteiger charge is 2.04. The lowest BCUT2D eigenvalue weighted by atomic mass is 10.2. The molecule has 0 radical (unpaired) electrons. The number of hydrogen-bond donors (Lipinski definition) is 1. The van der Waals surface area contributed by atoms with Crippen molar-refractivity contribution < 1.29 is 9.84 Å². The molecule has 2 aromatic rings. The Kier molecular flexibility index (Phi) is 4.53. The zero-order valence-electron chi connectivity index (χ0n) is 11.4. The summed E-state index contributed by atoms with van der Waals surface area (Å²) in [6, 6.07) is 11.6. The zero-order valence-corrected chi connectivity index (χ0v) is 11.4. The predicted molar refractivity (Wildman–Crippen MR) is 75.4 cm³/mol. The van der Waals surface area contributed by atoms with Gasteiger partial charge in [0.05, 0.1) is 6.61 Å². The Hall–Kier alpha value is -1.87. The van der Waals surface area contributed by atoms with Gasteiger partial charge in [0, 0.05) is 11.8 Å². The molecule has 3 nitrogen and oxygen atoms in total. The SMILES string of the molecule is CCc1ccc(Oc2cc(CO)cc(CC)n2)cc1. The number of aliphatic hydroxyl groups excluding tert-OH is 1. The fraction of sp³-hybridized carbons (Fsp3) is 0.312. The summed E-state index contributed by atoms with van der Waals surface area (Å²) in [7, 11) is 0. The maximum absolute atomic E-state index is 9.23. The van der Waals surface area contributed by atoms with Gasteiger partial charge in [-0.15, -0.1) is 0 Å². The summed E-state index contributed by atoms with van der Waals surface area (Å²) in [6.45, 7) is 4.15. The minimum absolute atomic E-state index is 0.000647. The molecule has 1 aromatic carbocycles. The summed E-state index contributed by atoms with van der Waals surface area (Å²) >= 11 is 0. The van der Waals surface area contributed by atoms with Crippen LogP contribution < -0.4 is 4.74 Å². The van der Waals surface area contributed by atoms with Crippen LogP contribution in [0.4, 0.5) is 0 Å². The van der Waals surface area contributed by atoms with E-state index in [0.717, 1.165) is 29.8 Å². The molecule has 0 atom stereocenters. The van der Waals surface area contributed by atoms with Crippen LogP contribution in [-0.4, -0.2) is 10.1 Å². The lowest BCUT2D eigenvalue weighted by Gasteiger charge is -2.08. The molecule has 0 aliphatic heterocycles. The van der Waals surface area contributed by atoms with Crippen molar-refractivity contribution in [3.8, 4) is 11.6 Å². The molecule has 19 heavy (non-hydrogen) atoms. The Morgan fingerprint density at radius 2 is 1.74 bits per heavy atom. The molecular weight excluding hydrogens is 238 g/mol. The van der Waals surface area contributed by atoms with E-state index < -0.39 is 0 Å². The molecule has 0 spiro atoms. The molecule has 0 saturated carbocycles. The van der Waals surface area contributed by atoms with Gasteiger partial charge in [0.2, 0.25) is 5.88 Å². The maximum atomic E-state index is 9.23. The molecule has 100 valence electrons. The van der Waals surface area contributed by atoms with E-state index in [-0.39, 0.29) is 6.61 Å². The number of aryl methyl sites for hydroxylation is 2. The molecule has 0 saturated heterocycles. The van der Waals surface area contributed by atoms with Gasteiger partial charge >= 0.3 is 0 Å². The summed E-state index contributed by atoms with van der Waals surface area (Å²) in [4.78, 5) is 4.40. The Bertz CT molecular complexity index is 513. The number of ether oxygens (including phenoxy) is 1. The topological polar surface area (TPSA) is 42.4 Å². The number of nitrogens with zero attached hydrogens (tertiary/aromatic N) is 1. The molecule has 0 amide bonds. The first kappa shape index (κ1) is 13.6. The van der Waals surface area contributed by atoms with E-state index in [1.807, 2.05) is 37.3 Å². The van der Waals surface area contributed by atoms with Crippen LogP contribution in [0.25, 0.3) is 0 Å². The minimum Gasteiger partial charge on any atom is -0.439 e. The molecule has 0 fully saturated rings. The first-order valence-corrected chi connectivity index (χ1v) is 6.62. The van der Waals surface area contributed by atoms with Crippen LogP contribution in [0, 0.1) is 0 Å². The molecule has 1 N–H and O–H groups in total. The average molecular weight is 257 g/mol. The smallest absolute Gasteiger partial charge is 0.219 e. The fourth-order valence-electron chi connectivity index (χ4n) is 1.86. The van der Waals surface area contributed by atoms with Gasteiger partial charge in [-0.2, -0.15) is 0 Å². The van der Waals surface area contributed by atoms with Crippen molar-refractivity contribution in [2.24, 2.45) is 0 Å². The maximum Gasteiger partial charge on any atom is 0.219 e. The standard InChI is InChI=1S/C16H19NO2/c1-3-12-5-7-15(8-6-12)19-16-10-13(11-18)9-14(4-2)17-16/h5-10,18H,3-4,11H2,1-2H3. The van der Waals surface area contributed by atoms with Crippen molar-refractivity contribution in [3.05, 3.63) is 53.2 Å². The number of benzene rings is 1. The molecular formula is C16H19NO2. The summed E-state index contributed by atoms with van der Waals surface area (Å²) < 4.78 is 5.74. The number of hydrogen-bond acceptors (Lipinski definition) is 3. The van der Waals surface area contributed by atoms with Gasteiger partial charge < -0.3 is 9.84 Å². The van der Waals surface area contributed by atoms with Crippen molar-refractivity contribution >= 4 is 0 Å². The van der Waals surface area contributed by atoms with E-state index in [1.165, 1.54) is 5.56 Å². The molecule has 2 rings (SSSR count). The molecule has 0 unspecified atom stereocenters. The molecule has 0 aliphatic carbocycles. The monoisotopic (exact) mass is 257 g/mol. The van der Waals surface area contributed by atoms with Crippen LogP contribution in [0.2, 0.25) is 0 Å². The second-order valence-electron chi connectivity index (χ2n) is 4.42. The van der Waals surface area contributed by atoms with Gasteiger partial charge in [-0.05, 0) is 42.2 Å². The van der Waals surface area contributed by atoms with Crippen LogP contribution in [0.1, 0.15) is 30.7 Å². The highest BCUT2D eigenvalue weighted by Crippen LogP contribution is 2.22. The Morgan fingerprint density at radius 1 is 1.00 bits per heavy atom. The van der Waals surface area contributed by atoms with Gasteiger partial charge in [0.25, 0.3) is 0 Å². The van der Waals surface area contributed by atoms with Crippen molar-refractivity contribution in [1.29, 1.82) is 0 Å². The molecule has 1 heterocycles. The van der Waals surface area contributed by atoms with Gasteiger partial charge in [0.1, 0.15) is 5.75 Å². The van der Waals surface area contributed by atoms with E-state index in [4.69, 9.17) is 4.74 Å². The second-order valence-corrected chi connectivity index (χ2v) is 4.42. The summed E-state index contributed by atoms with van der Waals surface area (Å²) in [6.07, 6.45) is 1.83. The van der Waals surface area contributed by atoms with Gasteiger partial charge in [-0.1, -0.05) is 26.0 Å². The van der Waals surface area contributed by atoms with Crippen LogP contribution in [0.5, 0.6) is 11.6 Å². The van der Waals surface area contributed by atoms with E-state index in [0.29, 0.717) is 5.88 Å². The van der Waals surface area contributed by atoms with Gasteiger partial charge in [0.15, 0.2) is 0 Å². The summed E-state index contributed by atoms with van der Waals surface area (Å²) in [5.41, 5.74) is 3.03. The third-order valence-corrected chi connectivity index (χ3v) is 3.01. The third kappa shape index (κ3) is 3.55. The Morgan fingerprint density at radius 3 is 2.32 bits per heavy atom. The third-order valence-electron chi connectivity index (χ3n) is 3.01. The van der Waals surface area contributed by atoms with Crippen LogP contribution in [0.3, 0.4) is 0 Å². The first-order valence-electron chi connectivity index (χ1n) is 6.62. The number of rotatable bonds is 5. The molecule has 1 aromatic heterocycles. The lowest BCUT2D eigenvalue weighted by Crippen LogP contribution is -1.96. The minimum atomic E-state index is 0.000647. The van der Waals surface area contributed by atoms with Gasteiger partial charge in [-0.3, -0.25) is 0 Å². The highest BCUT2D eigenvalue weighted by atomic mass is 16.5. The first-order chi connectivity index (χ1) is 9.25. The fourth-order valence-corrected chi connectivity index (χ4v) is 1.86. The van der Waals surface area contributed by atoms with Crippen molar-refractivity contribution in [2.75, 3.05) is 0 Å². The highest BCUT2D eigenvalue weighted by molar-refractivity contribution is 5.32. The van der Waals surface area contributed by atoms with E-state index in [2.05, 4.69) is 11.9 Å². The Balaban J connectivity index is 2.21. The summed E-state index contributed by atoms with van der Waals surface area (Å²) in [5, 5.41) is 9.23. The van der Waals surface area contributed by atoms with Crippen LogP contribution in [0.15, 0.2) is 36.4 Å².